The second-order valence-electron chi connectivity index (χ2n) is 10.5. The molecule has 1 heterocycles. The molecule has 0 saturated carbocycles. The lowest BCUT2D eigenvalue weighted by Gasteiger charge is -2.17. The largest absolute Gasteiger partial charge is 0.421 e. The molecule has 0 spiro atoms. The van der Waals surface area contributed by atoms with Gasteiger partial charge in [-0.3, -0.25) is 19.2 Å². The van der Waals surface area contributed by atoms with Gasteiger partial charge in [0, 0.05) is 43.8 Å². The Balaban J connectivity index is 1.20. The van der Waals surface area contributed by atoms with Gasteiger partial charge < -0.3 is 31.9 Å². The quantitative estimate of drug-likeness (QED) is 0.0426. The minimum Gasteiger partial charge on any atom is -0.378 e. The van der Waals surface area contributed by atoms with Gasteiger partial charge in [-0.2, -0.15) is 18.2 Å². The summed E-state index contributed by atoms with van der Waals surface area (Å²) in [7, 11) is 1.40. The first-order valence-corrected chi connectivity index (χ1v) is 14.9. The summed E-state index contributed by atoms with van der Waals surface area (Å²) in [5.41, 5.74) is -0.879. The van der Waals surface area contributed by atoms with Crippen molar-refractivity contribution in [2.24, 2.45) is 0 Å². The number of para-hydroxylation sites is 1. The van der Waals surface area contributed by atoms with Crippen molar-refractivity contribution in [3.05, 3.63) is 128 Å². The number of carbonyl (C=O) groups is 2. The molecule has 5 rings (SSSR count). The number of aromatic nitrogens is 2. The molecule has 2 amide bonds. The molecule has 0 aliphatic heterocycles. The minimum atomic E-state index is -4.80. The van der Waals surface area contributed by atoms with Gasteiger partial charge in [0.1, 0.15) is 28.6 Å². The maximum atomic E-state index is 13.8. The zero-order valence-corrected chi connectivity index (χ0v) is 26.1. The first kappa shape index (κ1) is 34.7. The van der Waals surface area contributed by atoms with Crippen LogP contribution in [0.15, 0.2) is 94.7 Å². The smallest absolute Gasteiger partial charge is 0.378 e. The number of hydrogen-bond acceptors (Lipinski definition) is 10. The molecular formula is C34H28F4N8O4. The third-order valence-corrected chi connectivity index (χ3v) is 7.09. The van der Waals surface area contributed by atoms with Crippen molar-refractivity contribution in [1.82, 2.24) is 20.6 Å². The summed E-state index contributed by atoms with van der Waals surface area (Å²) in [6, 6.07) is 17.8. The lowest BCUT2D eigenvalue weighted by molar-refractivity contribution is -0.137. The second-order valence-corrected chi connectivity index (χ2v) is 10.5. The van der Waals surface area contributed by atoms with Gasteiger partial charge in [-0.05, 0) is 60.2 Å². The highest BCUT2D eigenvalue weighted by molar-refractivity contribution is 6.00. The molecule has 256 valence electrons. The van der Waals surface area contributed by atoms with E-state index in [0.717, 1.165) is 0 Å². The summed E-state index contributed by atoms with van der Waals surface area (Å²) in [6.45, 7) is 0.273. The molecule has 0 fully saturated rings. The number of alkyl halides is 3. The number of benzene rings is 3. The summed E-state index contributed by atoms with van der Waals surface area (Å²) in [5, 5.41) is 16.2. The molecule has 0 bridgehead atoms. The van der Waals surface area contributed by atoms with Crippen molar-refractivity contribution < 1.29 is 27.2 Å². The molecule has 50 heavy (non-hydrogen) atoms. The summed E-state index contributed by atoms with van der Waals surface area (Å²) >= 11 is 0. The van der Waals surface area contributed by atoms with Gasteiger partial charge in [0.05, 0.1) is 11.3 Å². The normalized spacial score (nSPS) is 11.3. The third kappa shape index (κ3) is 8.46. The van der Waals surface area contributed by atoms with Gasteiger partial charge in [-0.15, -0.1) is 0 Å². The number of nitrogens with one attached hydrogen (secondary N) is 6. The summed E-state index contributed by atoms with van der Waals surface area (Å²) in [5.74, 6) is -2.06. The van der Waals surface area contributed by atoms with Gasteiger partial charge in [0.15, 0.2) is 0 Å². The standard InChI is InChI=1S/C34H28F4N8O4/c1-39-32(50)23-4-2-3-5-25(23)45-31-24(34(36,37)38)18-42-33(46-31)44-22-13-11-21(12-14-22)43-28-27(29(48)30(28)49)41-17-16-40-26(47)15-8-19-6-9-20(35)10-7-19/h2-15,18,41,43H,16-17H2,1H3,(H,39,50)(H,40,47)(H2,42,44,45,46)/b15-8+. The fourth-order valence-electron chi connectivity index (χ4n) is 4.56. The molecule has 5 aromatic rings. The first-order chi connectivity index (χ1) is 23.9. The summed E-state index contributed by atoms with van der Waals surface area (Å²) < 4.78 is 54.4. The molecule has 16 heteroatoms. The highest BCUT2D eigenvalue weighted by atomic mass is 19.4. The van der Waals surface area contributed by atoms with Gasteiger partial charge in [-0.25, -0.2) is 9.37 Å². The van der Waals surface area contributed by atoms with Gasteiger partial charge >= 0.3 is 6.18 Å². The van der Waals surface area contributed by atoms with Crippen LogP contribution in [0.5, 0.6) is 0 Å². The van der Waals surface area contributed by atoms with Crippen molar-refractivity contribution in [3.8, 4) is 0 Å². The second kappa shape index (κ2) is 15.1. The van der Waals surface area contributed by atoms with Crippen LogP contribution in [0.4, 0.5) is 57.8 Å². The Morgan fingerprint density at radius 1 is 0.820 bits per heavy atom. The molecule has 0 aliphatic carbocycles. The number of anilines is 7. The maximum Gasteiger partial charge on any atom is 0.421 e. The first-order valence-electron chi connectivity index (χ1n) is 14.9. The molecule has 1 aromatic heterocycles. The van der Waals surface area contributed by atoms with Crippen molar-refractivity contribution in [1.29, 1.82) is 0 Å². The zero-order valence-electron chi connectivity index (χ0n) is 26.1. The van der Waals surface area contributed by atoms with E-state index in [1.165, 1.54) is 55.6 Å². The van der Waals surface area contributed by atoms with E-state index in [9.17, 15) is 36.7 Å². The van der Waals surface area contributed by atoms with Crippen LogP contribution in [0, 0.1) is 5.82 Å². The minimum absolute atomic E-state index is 0.0251. The molecule has 0 aliphatic rings. The molecule has 4 aromatic carbocycles. The molecule has 6 N–H and O–H groups in total. The lowest BCUT2D eigenvalue weighted by atomic mass is 10.1. The molecule has 12 nitrogen and oxygen atoms in total. The number of nitrogens with zero attached hydrogens (tertiary/aromatic N) is 2. The number of rotatable bonds is 13. The molecular weight excluding hydrogens is 660 g/mol. The Kier molecular flexibility index (Phi) is 10.5. The third-order valence-electron chi connectivity index (χ3n) is 7.09. The van der Waals surface area contributed by atoms with E-state index in [-0.39, 0.29) is 41.7 Å². The van der Waals surface area contributed by atoms with E-state index in [4.69, 9.17) is 0 Å². The van der Waals surface area contributed by atoms with E-state index < -0.39 is 46.0 Å². The average molecular weight is 689 g/mol. The number of halogens is 4. The van der Waals surface area contributed by atoms with Crippen LogP contribution < -0.4 is 42.8 Å². The van der Waals surface area contributed by atoms with Crippen LogP contribution in [0.1, 0.15) is 21.5 Å². The van der Waals surface area contributed by atoms with E-state index in [1.807, 2.05) is 0 Å². The van der Waals surface area contributed by atoms with Gasteiger partial charge in [-0.1, -0.05) is 24.3 Å². The summed E-state index contributed by atoms with van der Waals surface area (Å²) in [4.78, 5) is 56.5. The van der Waals surface area contributed by atoms with E-state index >= 15 is 0 Å². The van der Waals surface area contributed by atoms with Crippen molar-refractivity contribution >= 4 is 58.1 Å². The molecule has 0 saturated heterocycles. The SMILES string of the molecule is CNC(=O)c1ccccc1Nc1nc(Nc2ccc(Nc3c(NCCNC(=O)/C=C/c4ccc(F)cc4)c(=O)c3=O)cc2)ncc1C(F)(F)F. The maximum absolute atomic E-state index is 13.8. The Labute approximate surface area is 281 Å². The van der Waals surface area contributed by atoms with Crippen LogP contribution in [0.3, 0.4) is 0 Å². The lowest BCUT2D eigenvalue weighted by Crippen LogP contribution is -2.38. The highest BCUT2D eigenvalue weighted by Gasteiger charge is 2.35. The Bertz CT molecular complexity index is 2110. The van der Waals surface area contributed by atoms with Gasteiger partial charge in [0.25, 0.3) is 16.8 Å². The Hall–Kier alpha value is -6.58. The highest BCUT2D eigenvalue weighted by Crippen LogP contribution is 2.36. The number of amides is 2. The van der Waals surface area contributed by atoms with Crippen LogP contribution in [-0.4, -0.2) is 41.9 Å². The van der Waals surface area contributed by atoms with Crippen LogP contribution in [-0.2, 0) is 11.0 Å². The van der Waals surface area contributed by atoms with Crippen LogP contribution in [0.25, 0.3) is 6.08 Å². The summed E-state index contributed by atoms with van der Waals surface area (Å²) in [6.07, 6.45) is -1.38. The molecule has 0 unspecified atom stereocenters. The predicted molar refractivity (Wildman–Crippen MR) is 181 cm³/mol. The van der Waals surface area contributed by atoms with Crippen molar-refractivity contribution in [2.45, 2.75) is 6.18 Å². The van der Waals surface area contributed by atoms with Crippen molar-refractivity contribution in [2.75, 3.05) is 41.4 Å². The Morgan fingerprint density at radius 2 is 1.48 bits per heavy atom. The van der Waals surface area contributed by atoms with Gasteiger partial charge in [0.2, 0.25) is 11.9 Å². The zero-order chi connectivity index (χ0) is 35.8. The molecule has 0 atom stereocenters. The monoisotopic (exact) mass is 688 g/mol. The fourth-order valence-corrected chi connectivity index (χ4v) is 4.56. The van der Waals surface area contributed by atoms with Crippen LogP contribution >= 0.6 is 0 Å². The predicted octanol–water partition coefficient (Wildman–Crippen LogP) is 5.06. The van der Waals surface area contributed by atoms with E-state index in [0.29, 0.717) is 23.1 Å². The van der Waals surface area contributed by atoms with Crippen LogP contribution in [0.2, 0.25) is 0 Å². The number of carbonyl (C=O) groups excluding carboxylic acids is 2. The van der Waals surface area contributed by atoms with E-state index in [2.05, 4.69) is 41.9 Å². The van der Waals surface area contributed by atoms with E-state index in [1.54, 1.807) is 36.4 Å². The average Bonchev–Trinajstić information content (AvgIpc) is 3.10. The Morgan fingerprint density at radius 3 is 2.16 bits per heavy atom. The molecule has 0 radical (unpaired) electrons. The fraction of sp³-hybridized carbons (Fsp3) is 0.118. The van der Waals surface area contributed by atoms with Crippen molar-refractivity contribution in [3.63, 3.8) is 0 Å². The number of hydrogen-bond donors (Lipinski definition) is 6. The topological polar surface area (TPSA) is 166 Å².